The Balaban J connectivity index is 1.60. The van der Waals surface area contributed by atoms with Crippen molar-refractivity contribution < 1.29 is 14.3 Å². The van der Waals surface area contributed by atoms with Crippen LogP contribution in [0.3, 0.4) is 0 Å². The summed E-state index contributed by atoms with van der Waals surface area (Å²) in [7, 11) is 1.91. The lowest BCUT2D eigenvalue weighted by Crippen LogP contribution is -2.16. The highest BCUT2D eigenvalue weighted by molar-refractivity contribution is 7.99. The third-order valence-corrected chi connectivity index (χ3v) is 5.78. The molecule has 28 heavy (non-hydrogen) atoms. The first-order valence-corrected chi connectivity index (χ1v) is 10.3. The first-order valence-electron chi connectivity index (χ1n) is 9.32. The fraction of sp³-hybridized carbons (Fsp3) is 0.381. The highest BCUT2D eigenvalue weighted by Crippen LogP contribution is 2.24. The molecule has 0 aliphatic heterocycles. The molecule has 0 aliphatic carbocycles. The van der Waals surface area contributed by atoms with Gasteiger partial charge in [-0.05, 0) is 38.5 Å². The Hall–Kier alpha value is -2.54. The standard InChI is InChI=1S/C21H25N3O3S/c1-5-10-24-18-9-7-6-8-17(18)22-21(24)28-13-20(26)27-12-19(25)16-11-14(2)23(4)15(16)3/h6-9,11H,5,10,12-13H2,1-4H3. The van der Waals surface area contributed by atoms with E-state index in [-0.39, 0.29) is 18.1 Å². The normalized spacial score (nSPS) is 11.1. The minimum atomic E-state index is -0.418. The highest BCUT2D eigenvalue weighted by atomic mass is 32.2. The second-order valence-corrected chi connectivity index (χ2v) is 7.69. The van der Waals surface area contributed by atoms with Crippen molar-refractivity contribution in [2.75, 3.05) is 12.4 Å². The molecule has 0 N–H and O–H groups in total. The van der Waals surface area contributed by atoms with Gasteiger partial charge in [0, 0.05) is 30.5 Å². The molecule has 0 saturated heterocycles. The van der Waals surface area contributed by atoms with Gasteiger partial charge in [0.2, 0.25) is 5.78 Å². The summed E-state index contributed by atoms with van der Waals surface area (Å²) < 4.78 is 9.27. The molecule has 0 saturated carbocycles. The molecule has 2 aromatic heterocycles. The molecule has 0 amide bonds. The average molecular weight is 400 g/mol. The van der Waals surface area contributed by atoms with Crippen LogP contribution in [0, 0.1) is 13.8 Å². The summed E-state index contributed by atoms with van der Waals surface area (Å²) in [6.07, 6.45) is 0.975. The molecule has 0 aliphatic rings. The molecule has 1 aromatic carbocycles. The number of ether oxygens (including phenoxy) is 1. The number of esters is 1. The van der Waals surface area contributed by atoms with Crippen LogP contribution in [0.4, 0.5) is 0 Å². The Morgan fingerprint density at radius 3 is 2.64 bits per heavy atom. The molecule has 148 valence electrons. The maximum absolute atomic E-state index is 12.4. The summed E-state index contributed by atoms with van der Waals surface area (Å²) in [4.78, 5) is 29.1. The zero-order valence-electron chi connectivity index (χ0n) is 16.7. The van der Waals surface area contributed by atoms with Gasteiger partial charge < -0.3 is 13.9 Å². The van der Waals surface area contributed by atoms with Crippen LogP contribution in [0.5, 0.6) is 0 Å². The molecule has 0 bridgehead atoms. The number of aromatic nitrogens is 3. The number of benzene rings is 1. The summed E-state index contributed by atoms with van der Waals surface area (Å²) in [6.45, 7) is 6.53. The van der Waals surface area contributed by atoms with E-state index in [0.717, 1.165) is 40.5 Å². The summed E-state index contributed by atoms with van der Waals surface area (Å²) in [5, 5.41) is 0.792. The summed E-state index contributed by atoms with van der Waals surface area (Å²) >= 11 is 1.34. The second kappa shape index (κ2) is 8.65. The number of fused-ring (bicyclic) bond motifs is 1. The quantitative estimate of drug-likeness (QED) is 0.326. The molecule has 0 spiro atoms. The predicted molar refractivity (Wildman–Crippen MR) is 111 cm³/mol. The number of carbonyl (C=O) groups excluding carboxylic acids is 2. The Kier molecular flexibility index (Phi) is 6.24. The lowest BCUT2D eigenvalue weighted by Gasteiger charge is -2.07. The molecular weight excluding hydrogens is 374 g/mol. The number of thioether (sulfide) groups is 1. The van der Waals surface area contributed by atoms with E-state index in [1.807, 2.05) is 55.8 Å². The molecule has 3 aromatic rings. The Bertz CT molecular complexity index is 1020. The third-order valence-electron chi connectivity index (χ3n) is 4.83. The van der Waals surface area contributed by atoms with Crippen LogP contribution in [0.15, 0.2) is 35.5 Å². The maximum Gasteiger partial charge on any atom is 0.316 e. The molecular formula is C21H25N3O3S. The van der Waals surface area contributed by atoms with E-state index in [9.17, 15) is 9.59 Å². The van der Waals surface area contributed by atoms with Gasteiger partial charge in [-0.1, -0.05) is 30.8 Å². The molecule has 3 rings (SSSR count). The Labute approximate surface area is 168 Å². The SMILES string of the molecule is CCCn1c(SCC(=O)OCC(=O)c2cc(C)n(C)c2C)nc2ccccc21. The number of hydrogen-bond acceptors (Lipinski definition) is 5. The first-order chi connectivity index (χ1) is 13.4. The van der Waals surface area contributed by atoms with E-state index < -0.39 is 5.97 Å². The van der Waals surface area contributed by atoms with Gasteiger partial charge >= 0.3 is 5.97 Å². The molecule has 7 heteroatoms. The van der Waals surface area contributed by atoms with E-state index in [0.29, 0.717) is 5.56 Å². The summed E-state index contributed by atoms with van der Waals surface area (Å²) in [6, 6.07) is 9.76. The van der Waals surface area contributed by atoms with Crippen LogP contribution in [0.25, 0.3) is 11.0 Å². The number of nitrogens with zero attached hydrogens (tertiary/aromatic N) is 3. The molecule has 0 fully saturated rings. The van der Waals surface area contributed by atoms with Gasteiger partial charge in [0.1, 0.15) is 0 Å². The number of carbonyl (C=O) groups is 2. The van der Waals surface area contributed by atoms with Crippen molar-refractivity contribution in [3.05, 3.63) is 47.3 Å². The fourth-order valence-electron chi connectivity index (χ4n) is 3.13. The molecule has 0 atom stereocenters. The number of hydrogen-bond donors (Lipinski definition) is 0. The monoisotopic (exact) mass is 399 g/mol. The molecule has 2 heterocycles. The zero-order valence-corrected chi connectivity index (χ0v) is 17.5. The largest absolute Gasteiger partial charge is 0.457 e. The van der Waals surface area contributed by atoms with Crippen LogP contribution in [0.2, 0.25) is 0 Å². The minimum Gasteiger partial charge on any atom is -0.457 e. The van der Waals surface area contributed by atoms with Crippen molar-refractivity contribution in [1.29, 1.82) is 0 Å². The van der Waals surface area contributed by atoms with Gasteiger partial charge in [-0.2, -0.15) is 0 Å². The number of imidazole rings is 1. The van der Waals surface area contributed by atoms with Crippen molar-refractivity contribution in [2.45, 2.75) is 38.9 Å². The molecule has 0 unspecified atom stereocenters. The van der Waals surface area contributed by atoms with Crippen LogP contribution < -0.4 is 0 Å². The van der Waals surface area contributed by atoms with Gasteiger partial charge in [-0.25, -0.2) is 4.98 Å². The van der Waals surface area contributed by atoms with E-state index in [1.165, 1.54) is 11.8 Å². The van der Waals surface area contributed by atoms with Crippen LogP contribution in [-0.4, -0.2) is 38.2 Å². The first kappa shape index (κ1) is 20.2. The lowest BCUT2D eigenvalue weighted by molar-refractivity contribution is -0.139. The summed E-state index contributed by atoms with van der Waals surface area (Å²) in [5.74, 6) is -0.482. The van der Waals surface area contributed by atoms with Crippen molar-refractivity contribution in [3.63, 3.8) is 0 Å². The van der Waals surface area contributed by atoms with Gasteiger partial charge in [0.15, 0.2) is 11.8 Å². The second-order valence-electron chi connectivity index (χ2n) is 6.75. The topological polar surface area (TPSA) is 66.1 Å². The van der Waals surface area contributed by atoms with Crippen molar-refractivity contribution in [2.24, 2.45) is 7.05 Å². The van der Waals surface area contributed by atoms with E-state index in [1.54, 1.807) is 0 Å². The van der Waals surface area contributed by atoms with E-state index >= 15 is 0 Å². The lowest BCUT2D eigenvalue weighted by atomic mass is 10.1. The summed E-state index contributed by atoms with van der Waals surface area (Å²) in [5.41, 5.74) is 4.45. The van der Waals surface area contributed by atoms with Crippen molar-refractivity contribution >= 4 is 34.5 Å². The number of Topliss-reactive ketones (excluding diaryl/α,β-unsaturated/α-hetero) is 1. The van der Waals surface area contributed by atoms with E-state index in [2.05, 4.69) is 16.5 Å². The van der Waals surface area contributed by atoms with Crippen LogP contribution >= 0.6 is 11.8 Å². The predicted octanol–water partition coefficient (Wildman–Crippen LogP) is 3.92. The number of rotatable bonds is 8. The average Bonchev–Trinajstić information content (AvgIpc) is 3.17. The van der Waals surface area contributed by atoms with Crippen molar-refractivity contribution in [1.82, 2.24) is 14.1 Å². The molecule has 6 nitrogen and oxygen atoms in total. The van der Waals surface area contributed by atoms with Gasteiger partial charge in [0.05, 0.1) is 16.8 Å². The van der Waals surface area contributed by atoms with E-state index in [4.69, 9.17) is 4.74 Å². The highest BCUT2D eigenvalue weighted by Gasteiger charge is 2.17. The van der Waals surface area contributed by atoms with Gasteiger partial charge in [-0.3, -0.25) is 9.59 Å². The third kappa shape index (κ3) is 4.14. The number of aryl methyl sites for hydroxylation is 2. The van der Waals surface area contributed by atoms with Crippen LogP contribution in [-0.2, 0) is 23.1 Å². The fourth-order valence-corrected chi connectivity index (χ4v) is 3.97. The minimum absolute atomic E-state index is 0.118. The Morgan fingerprint density at radius 2 is 1.96 bits per heavy atom. The van der Waals surface area contributed by atoms with Crippen molar-refractivity contribution in [3.8, 4) is 0 Å². The number of ketones is 1. The van der Waals surface area contributed by atoms with Gasteiger partial charge in [0.25, 0.3) is 0 Å². The van der Waals surface area contributed by atoms with Gasteiger partial charge in [-0.15, -0.1) is 0 Å². The zero-order chi connectivity index (χ0) is 20.3. The molecule has 0 radical (unpaired) electrons. The smallest absolute Gasteiger partial charge is 0.316 e. The maximum atomic E-state index is 12.4. The number of para-hydroxylation sites is 2. The Morgan fingerprint density at radius 1 is 1.21 bits per heavy atom. The van der Waals surface area contributed by atoms with Crippen LogP contribution in [0.1, 0.15) is 35.1 Å².